The van der Waals surface area contributed by atoms with Crippen molar-refractivity contribution in [3.05, 3.63) is 71.3 Å². The Morgan fingerprint density at radius 1 is 0.786 bits per heavy atom. The summed E-state index contributed by atoms with van der Waals surface area (Å²) in [6.07, 6.45) is 7.35. The van der Waals surface area contributed by atoms with Crippen LogP contribution in [0.3, 0.4) is 0 Å². The minimum absolute atomic E-state index is 0.188. The molecular formula is C24H27F2NO. The Morgan fingerprint density at radius 3 is 1.75 bits per heavy atom. The van der Waals surface area contributed by atoms with Crippen molar-refractivity contribution in [3.63, 3.8) is 0 Å². The van der Waals surface area contributed by atoms with E-state index in [1.54, 1.807) is 24.3 Å². The number of hydrogen-bond acceptors (Lipinski definition) is 2. The Labute approximate surface area is 165 Å². The molecule has 0 amide bonds. The van der Waals surface area contributed by atoms with E-state index in [2.05, 4.69) is 4.90 Å². The van der Waals surface area contributed by atoms with Crippen LogP contribution in [0.1, 0.15) is 55.8 Å². The average Bonchev–Trinajstić information content (AvgIpc) is 3.48. The molecule has 5 rings (SSSR count). The van der Waals surface area contributed by atoms with E-state index >= 15 is 0 Å². The third-order valence-electron chi connectivity index (χ3n) is 6.68. The highest BCUT2D eigenvalue weighted by Crippen LogP contribution is 2.42. The number of benzene rings is 2. The Balaban J connectivity index is 1.35. The van der Waals surface area contributed by atoms with Gasteiger partial charge in [-0.2, -0.15) is 0 Å². The van der Waals surface area contributed by atoms with Gasteiger partial charge in [-0.05, 0) is 79.8 Å². The van der Waals surface area contributed by atoms with E-state index in [0.29, 0.717) is 12.1 Å². The highest BCUT2D eigenvalue weighted by Gasteiger charge is 2.43. The molecule has 3 atom stereocenters. The summed E-state index contributed by atoms with van der Waals surface area (Å²) in [5, 5.41) is 0. The SMILES string of the molecule is Fc1ccc(C(OC2C[C@H]3CC[C@@H](C2)N3CC2CC2)c2ccc(F)cc2)cc1. The topological polar surface area (TPSA) is 12.5 Å². The Morgan fingerprint density at radius 2 is 1.29 bits per heavy atom. The molecule has 2 nitrogen and oxygen atoms in total. The molecule has 2 bridgehead atoms. The normalized spacial score (nSPS) is 27.5. The van der Waals surface area contributed by atoms with Gasteiger partial charge in [-0.1, -0.05) is 24.3 Å². The van der Waals surface area contributed by atoms with Crippen molar-refractivity contribution >= 4 is 0 Å². The third-order valence-corrected chi connectivity index (χ3v) is 6.68. The summed E-state index contributed by atoms with van der Waals surface area (Å²) >= 11 is 0. The smallest absolute Gasteiger partial charge is 0.123 e. The standard InChI is InChI=1S/C24H27F2NO/c25-19-7-3-17(4-8-19)24(18-5-9-20(26)10-6-18)28-23-13-21-11-12-22(14-23)27(21)15-16-1-2-16/h3-10,16,21-24H,1-2,11-15H2/t21-,22+,23?. The van der Waals surface area contributed by atoms with Crippen LogP contribution in [-0.4, -0.2) is 29.6 Å². The van der Waals surface area contributed by atoms with E-state index < -0.39 is 0 Å². The minimum Gasteiger partial charge on any atom is -0.365 e. The van der Waals surface area contributed by atoms with Gasteiger partial charge in [-0.25, -0.2) is 8.78 Å². The van der Waals surface area contributed by atoms with Crippen molar-refractivity contribution in [2.45, 2.75) is 62.8 Å². The molecule has 2 aromatic carbocycles. The number of ether oxygens (including phenoxy) is 1. The lowest BCUT2D eigenvalue weighted by molar-refractivity contribution is -0.0490. The van der Waals surface area contributed by atoms with Gasteiger partial charge in [-0.3, -0.25) is 4.90 Å². The van der Waals surface area contributed by atoms with Gasteiger partial charge in [-0.15, -0.1) is 0 Å². The van der Waals surface area contributed by atoms with Crippen LogP contribution in [0.5, 0.6) is 0 Å². The van der Waals surface area contributed by atoms with E-state index in [-0.39, 0.29) is 23.8 Å². The minimum atomic E-state index is -0.291. The largest absolute Gasteiger partial charge is 0.365 e. The fourth-order valence-electron chi connectivity index (χ4n) is 5.05. The van der Waals surface area contributed by atoms with E-state index in [4.69, 9.17) is 4.74 Å². The molecule has 2 heterocycles. The first-order valence-electron chi connectivity index (χ1n) is 10.6. The van der Waals surface area contributed by atoms with Gasteiger partial charge in [0, 0.05) is 18.6 Å². The molecule has 148 valence electrons. The predicted molar refractivity (Wildman–Crippen MR) is 105 cm³/mol. The van der Waals surface area contributed by atoms with Crippen LogP contribution < -0.4 is 0 Å². The van der Waals surface area contributed by atoms with Crippen molar-refractivity contribution in [2.75, 3.05) is 6.54 Å². The van der Waals surface area contributed by atoms with E-state index in [1.807, 2.05) is 0 Å². The lowest BCUT2D eigenvalue weighted by atomic mass is 9.97. The van der Waals surface area contributed by atoms with E-state index in [0.717, 1.165) is 29.9 Å². The van der Waals surface area contributed by atoms with Crippen molar-refractivity contribution in [1.29, 1.82) is 0 Å². The Kier molecular flexibility index (Phi) is 4.93. The second kappa shape index (κ2) is 7.57. The number of hydrogen-bond donors (Lipinski definition) is 0. The molecule has 0 radical (unpaired) electrons. The van der Waals surface area contributed by atoms with Crippen LogP contribution in [0.2, 0.25) is 0 Å². The summed E-state index contributed by atoms with van der Waals surface area (Å²) in [7, 11) is 0. The maximum absolute atomic E-state index is 13.4. The van der Waals surface area contributed by atoms with Gasteiger partial charge in [0.15, 0.2) is 0 Å². The van der Waals surface area contributed by atoms with Crippen LogP contribution in [0.25, 0.3) is 0 Å². The highest BCUT2D eigenvalue weighted by atomic mass is 19.1. The second-order valence-corrected chi connectivity index (χ2v) is 8.74. The Hall–Kier alpha value is -1.78. The summed E-state index contributed by atoms with van der Waals surface area (Å²) in [6, 6.07) is 14.3. The fraction of sp³-hybridized carbons (Fsp3) is 0.500. The molecule has 2 saturated heterocycles. The lowest BCUT2D eigenvalue weighted by Gasteiger charge is -2.40. The van der Waals surface area contributed by atoms with Crippen molar-refractivity contribution in [2.24, 2.45) is 5.92 Å². The number of halogens is 2. The monoisotopic (exact) mass is 383 g/mol. The maximum Gasteiger partial charge on any atom is 0.123 e. The number of nitrogens with zero attached hydrogens (tertiary/aromatic N) is 1. The average molecular weight is 383 g/mol. The first kappa shape index (κ1) is 18.3. The predicted octanol–water partition coefficient (Wildman–Crippen LogP) is 5.48. The molecule has 0 aromatic heterocycles. The van der Waals surface area contributed by atoms with Crippen LogP contribution in [-0.2, 0) is 4.74 Å². The molecule has 1 saturated carbocycles. The highest BCUT2D eigenvalue weighted by molar-refractivity contribution is 5.30. The van der Waals surface area contributed by atoms with Crippen LogP contribution in [0.15, 0.2) is 48.5 Å². The van der Waals surface area contributed by atoms with E-state index in [1.165, 1.54) is 56.5 Å². The van der Waals surface area contributed by atoms with E-state index in [9.17, 15) is 8.78 Å². The molecule has 0 N–H and O–H groups in total. The third kappa shape index (κ3) is 3.85. The first-order valence-corrected chi connectivity index (χ1v) is 10.6. The van der Waals surface area contributed by atoms with Crippen molar-refractivity contribution in [3.8, 4) is 0 Å². The van der Waals surface area contributed by atoms with Gasteiger partial charge in [0.25, 0.3) is 0 Å². The van der Waals surface area contributed by atoms with Gasteiger partial charge in [0.05, 0.1) is 6.10 Å². The summed E-state index contributed by atoms with van der Waals surface area (Å²) in [6.45, 7) is 1.27. The van der Waals surface area contributed by atoms with Crippen LogP contribution in [0, 0.1) is 17.6 Å². The molecule has 28 heavy (non-hydrogen) atoms. The molecule has 4 heteroatoms. The molecule has 0 spiro atoms. The zero-order valence-corrected chi connectivity index (χ0v) is 16.1. The lowest BCUT2D eigenvalue weighted by Crippen LogP contribution is -2.46. The van der Waals surface area contributed by atoms with Crippen LogP contribution in [0.4, 0.5) is 8.78 Å². The first-order chi connectivity index (χ1) is 13.7. The molecule has 3 aliphatic rings. The molecule has 1 aliphatic carbocycles. The van der Waals surface area contributed by atoms with Crippen LogP contribution >= 0.6 is 0 Å². The number of piperidine rings is 1. The fourth-order valence-corrected chi connectivity index (χ4v) is 5.05. The quantitative estimate of drug-likeness (QED) is 0.655. The molecule has 2 aromatic rings. The number of fused-ring (bicyclic) bond motifs is 2. The summed E-state index contributed by atoms with van der Waals surface area (Å²) in [4.78, 5) is 2.74. The molecule has 3 fully saturated rings. The van der Waals surface area contributed by atoms with Gasteiger partial charge >= 0.3 is 0 Å². The molecule has 2 aliphatic heterocycles. The zero-order valence-electron chi connectivity index (χ0n) is 16.1. The van der Waals surface area contributed by atoms with Crippen molar-refractivity contribution in [1.82, 2.24) is 4.90 Å². The van der Waals surface area contributed by atoms with Gasteiger partial charge in [0.1, 0.15) is 17.7 Å². The Bertz CT molecular complexity index is 743. The summed E-state index contributed by atoms with van der Waals surface area (Å²) < 4.78 is 33.5. The molecular weight excluding hydrogens is 356 g/mol. The number of rotatable bonds is 6. The van der Waals surface area contributed by atoms with Gasteiger partial charge in [0.2, 0.25) is 0 Å². The summed E-state index contributed by atoms with van der Waals surface area (Å²) in [5.41, 5.74) is 1.83. The van der Waals surface area contributed by atoms with Gasteiger partial charge < -0.3 is 4.74 Å². The summed E-state index contributed by atoms with van der Waals surface area (Å²) in [5.74, 6) is 0.410. The second-order valence-electron chi connectivity index (χ2n) is 8.74. The van der Waals surface area contributed by atoms with Crippen molar-refractivity contribution < 1.29 is 13.5 Å². The zero-order chi connectivity index (χ0) is 19.1. The maximum atomic E-state index is 13.4. The molecule has 1 unspecified atom stereocenters.